The summed E-state index contributed by atoms with van der Waals surface area (Å²) < 4.78 is 5.18. The fourth-order valence-corrected chi connectivity index (χ4v) is 3.04. The first-order chi connectivity index (χ1) is 13.8. The second kappa shape index (κ2) is 8.35. The first kappa shape index (κ1) is 17.7. The number of nitrogens with one attached hydrogen (secondary N) is 2. The first-order valence-corrected chi connectivity index (χ1v) is 9.27. The Labute approximate surface area is 163 Å². The molecule has 0 aliphatic carbocycles. The average molecular weight is 393 g/mol. The van der Waals surface area contributed by atoms with Gasteiger partial charge in [0.05, 0.1) is 18.7 Å². The van der Waals surface area contributed by atoms with Crippen LogP contribution >= 0.6 is 11.3 Å². The first-order valence-electron chi connectivity index (χ1n) is 8.39. The zero-order chi connectivity index (χ0) is 19.2. The molecule has 0 saturated heterocycles. The summed E-state index contributed by atoms with van der Waals surface area (Å²) >= 11 is 1.38. The molecule has 9 nitrogen and oxygen atoms in total. The van der Waals surface area contributed by atoms with Gasteiger partial charge < -0.3 is 15.2 Å². The number of hydrogen-bond donors (Lipinski definition) is 2. The molecule has 0 radical (unpaired) electrons. The largest absolute Gasteiger partial charge is 0.347 e. The van der Waals surface area contributed by atoms with E-state index in [1.165, 1.54) is 11.3 Å². The highest BCUT2D eigenvalue weighted by atomic mass is 32.1. The number of rotatable bonds is 7. The van der Waals surface area contributed by atoms with E-state index in [9.17, 15) is 4.79 Å². The lowest BCUT2D eigenvalue weighted by atomic mass is 10.2. The molecular weight excluding hydrogens is 378 g/mol. The average Bonchev–Trinajstić information content (AvgIpc) is 3.38. The van der Waals surface area contributed by atoms with Crippen molar-refractivity contribution in [3.63, 3.8) is 0 Å². The van der Waals surface area contributed by atoms with Gasteiger partial charge in [-0.2, -0.15) is 4.98 Å². The third kappa shape index (κ3) is 4.54. The van der Waals surface area contributed by atoms with E-state index in [0.29, 0.717) is 28.5 Å². The molecule has 3 heterocycles. The van der Waals surface area contributed by atoms with Gasteiger partial charge in [-0.15, -0.1) is 11.3 Å². The Bertz CT molecular complexity index is 1050. The van der Waals surface area contributed by atoms with E-state index in [4.69, 9.17) is 4.52 Å². The Morgan fingerprint density at radius 2 is 1.89 bits per heavy atom. The molecule has 0 aliphatic heterocycles. The summed E-state index contributed by atoms with van der Waals surface area (Å²) in [6.45, 7) is 0.158. The molecule has 0 fully saturated rings. The van der Waals surface area contributed by atoms with E-state index >= 15 is 0 Å². The van der Waals surface area contributed by atoms with Crippen LogP contribution in [0.25, 0.3) is 11.4 Å². The maximum Gasteiger partial charge on any atom is 0.246 e. The molecule has 0 saturated carbocycles. The van der Waals surface area contributed by atoms with E-state index in [1.807, 2.05) is 35.7 Å². The third-order valence-electron chi connectivity index (χ3n) is 3.61. The molecule has 0 unspecified atom stereocenters. The summed E-state index contributed by atoms with van der Waals surface area (Å²) in [6.07, 6.45) is 3.42. The minimum absolute atomic E-state index is 0.146. The number of carbonyl (C=O) groups is 1. The molecule has 0 atom stereocenters. The van der Waals surface area contributed by atoms with Gasteiger partial charge in [0.1, 0.15) is 0 Å². The molecule has 140 valence electrons. The minimum Gasteiger partial charge on any atom is -0.347 e. The molecule has 0 aliphatic rings. The predicted molar refractivity (Wildman–Crippen MR) is 103 cm³/mol. The standard InChI is InChI=1S/C18H15N7O2S/c26-14(9-13-11-28-18(22-13)24-17-19-7-4-8-20-17)21-10-15-23-16(25-27-15)12-5-2-1-3-6-12/h1-8,11H,9-10H2,(H,21,26)(H,19,20,22,24). The number of hydrogen-bond acceptors (Lipinski definition) is 9. The Morgan fingerprint density at radius 1 is 1.07 bits per heavy atom. The molecule has 28 heavy (non-hydrogen) atoms. The highest BCUT2D eigenvalue weighted by Crippen LogP contribution is 2.19. The van der Waals surface area contributed by atoms with Gasteiger partial charge in [0.2, 0.25) is 23.6 Å². The van der Waals surface area contributed by atoms with Crippen LogP contribution in [-0.4, -0.2) is 31.0 Å². The number of amides is 1. The van der Waals surface area contributed by atoms with Crippen molar-refractivity contribution in [3.8, 4) is 11.4 Å². The SMILES string of the molecule is O=C(Cc1csc(Nc2ncccn2)n1)NCc1nc(-c2ccccc2)no1. The van der Waals surface area contributed by atoms with Crippen molar-refractivity contribution in [1.82, 2.24) is 30.4 Å². The molecule has 0 spiro atoms. The molecule has 4 aromatic rings. The zero-order valence-corrected chi connectivity index (χ0v) is 15.4. The summed E-state index contributed by atoms with van der Waals surface area (Å²) in [4.78, 5) is 28.9. The second-order valence-electron chi connectivity index (χ2n) is 5.67. The lowest BCUT2D eigenvalue weighted by Crippen LogP contribution is -2.24. The quantitative estimate of drug-likeness (QED) is 0.492. The Hall–Kier alpha value is -3.66. The topological polar surface area (TPSA) is 119 Å². The van der Waals surface area contributed by atoms with E-state index in [1.54, 1.807) is 18.5 Å². The van der Waals surface area contributed by atoms with Crippen molar-refractivity contribution >= 4 is 28.3 Å². The van der Waals surface area contributed by atoms with E-state index in [0.717, 1.165) is 5.56 Å². The van der Waals surface area contributed by atoms with Crippen LogP contribution in [-0.2, 0) is 17.8 Å². The molecule has 1 aromatic carbocycles. The van der Waals surface area contributed by atoms with Gasteiger partial charge in [0, 0.05) is 23.3 Å². The number of aromatic nitrogens is 5. The lowest BCUT2D eigenvalue weighted by Gasteiger charge is -2.00. The normalized spacial score (nSPS) is 10.6. The fraction of sp³-hybridized carbons (Fsp3) is 0.111. The summed E-state index contributed by atoms with van der Waals surface area (Å²) in [6, 6.07) is 11.2. The van der Waals surface area contributed by atoms with Crippen LogP contribution < -0.4 is 10.6 Å². The van der Waals surface area contributed by atoms with Crippen molar-refractivity contribution in [2.45, 2.75) is 13.0 Å². The highest BCUT2D eigenvalue weighted by Gasteiger charge is 2.12. The Balaban J connectivity index is 1.29. The maximum absolute atomic E-state index is 12.1. The van der Waals surface area contributed by atoms with E-state index in [-0.39, 0.29) is 18.9 Å². The van der Waals surface area contributed by atoms with Crippen LogP contribution in [0.4, 0.5) is 11.1 Å². The molecule has 1 amide bonds. The third-order valence-corrected chi connectivity index (χ3v) is 4.42. The van der Waals surface area contributed by atoms with E-state index in [2.05, 4.69) is 35.7 Å². The maximum atomic E-state index is 12.1. The molecule has 10 heteroatoms. The number of nitrogens with zero attached hydrogens (tertiary/aromatic N) is 5. The smallest absolute Gasteiger partial charge is 0.246 e. The van der Waals surface area contributed by atoms with Gasteiger partial charge in [-0.25, -0.2) is 15.0 Å². The number of benzene rings is 1. The van der Waals surface area contributed by atoms with Crippen LogP contribution in [0.3, 0.4) is 0 Å². The van der Waals surface area contributed by atoms with Crippen molar-refractivity contribution in [1.29, 1.82) is 0 Å². The van der Waals surface area contributed by atoms with Gasteiger partial charge in [-0.1, -0.05) is 35.5 Å². The van der Waals surface area contributed by atoms with Gasteiger partial charge >= 0.3 is 0 Å². The van der Waals surface area contributed by atoms with Crippen molar-refractivity contribution in [3.05, 3.63) is 65.8 Å². The Kier molecular flexibility index (Phi) is 5.29. The van der Waals surface area contributed by atoms with Crippen LogP contribution in [0.2, 0.25) is 0 Å². The van der Waals surface area contributed by atoms with Crippen LogP contribution in [0, 0.1) is 0 Å². The summed E-state index contributed by atoms with van der Waals surface area (Å²) in [5.74, 6) is 1.10. The second-order valence-corrected chi connectivity index (χ2v) is 6.53. The monoisotopic (exact) mass is 393 g/mol. The summed E-state index contributed by atoms with van der Waals surface area (Å²) in [5, 5.41) is 12.1. The van der Waals surface area contributed by atoms with Crippen LogP contribution in [0.1, 0.15) is 11.6 Å². The van der Waals surface area contributed by atoms with E-state index < -0.39 is 0 Å². The van der Waals surface area contributed by atoms with Gasteiger partial charge in [0.15, 0.2) is 5.13 Å². The van der Waals surface area contributed by atoms with Gasteiger partial charge in [-0.3, -0.25) is 4.79 Å². The number of thiazole rings is 1. The highest BCUT2D eigenvalue weighted by molar-refractivity contribution is 7.13. The molecule has 2 N–H and O–H groups in total. The fourth-order valence-electron chi connectivity index (χ4n) is 2.34. The predicted octanol–water partition coefficient (Wildman–Crippen LogP) is 2.59. The van der Waals surface area contributed by atoms with Crippen molar-refractivity contribution in [2.75, 3.05) is 5.32 Å². The zero-order valence-electron chi connectivity index (χ0n) is 14.6. The van der Waals surface area contributed by atoms with Crippen LogP contribution in [0.15, 0.2) is 58.7 Å². The Morgan fingerprint density at radius 3 is 2.71 bits per heavy atom. The minimum atomic E-state index is -0.188. The van der Waals surface area contributed by atoms with Crippen molar-refractivity contribution in [2.24, 2.45) is 0 Å². The summed E-state index contributed by atoms with van der Waals surface area (Å²) in [7, 11) is 0. The lowest BCUT2D eigenvalue weighted by molar-refractivity contribution is -0.120. The number of anilines is 2. The van der Waals surface area contributed by atoms with Crippen LogP contribution in [0.5, 0.6) is 0 Å². The number of carbonyl (C=O) groups excluding carboxylic acids is 1. The molecular formula is C18H15N7O2S. The molecule has 0 bridgehead atoms. The molecule has 3 aromatic heterocycles. The van der Waals surface area contributed by atoms with Crippen molar-refractivity contribution < 1.29 is 9.32 Å². The summed E-state index contributed by atoms with van der Waals surface area (Å²) in [5.41, 5.74) is 1.50. The van der Waals surface area contributed by atoms with Gasteiger partial charge in [0.25, 0.3) is 0 Å². The molecule has 4 rings (SSSR count). The van der Waals surface area contributed by atoms with Gasteiger partial charge in [-0.05, 0) is 6.07 Å².